The quantitative estimate of drug-likeness (QED) is 0.695. The third kappa shape index (κ3) is 2.21. The zero-order valence-corrected chi connectivity index (χ0v) is 11.2. The monoisotopic (exact) mass is 273 g/mol. The maximum absolute atomic E-state index is 9.54. The van der Waals surface area contributed by atoms with E-state index in [4.69, 9.17) is 0 Å². The molecule has 0 aliphatic rings. The van der Waals surface area contributed by atoms with Gasteiger partial charge in [0, 0.05) is 11.3 Å². The van der Waals surface area contributed by atoms with E-state index in [-0.39, 0.29) is 5.75 Å². The number of thiol groups is 1. The van der Waals surface area contributed by atoms with E-state index in [0.29, 0.717) is 0 Å². The summed E-state index contributed by atoms with van der Waals surface area (Å²) in [6.07, 6.45) is 0.814. The molecular formula is C14H11NOS2. The molecule has 0 amide bonds. The average molecular weight is 273 g/mol. The van der Waals surface area contributed by atoms with Crippen LogP contribution < -0.4 is 0 Å². The topological polar surface area (TPSA) is 33.1 Å². The van der Waals surface area contributed by atoms with Gasteiger partial charge in [-0.1, -0.05) is 30.3 Å². The molecular weight excluding hydrogens is 262 g/mol. The van der Waals surface area contributed by atoms with Crippen LogP contribution in [0.5, 0.6) is 5.75 Å². The molecule has 0 saturated heterocycles. The third-order valence-electron chi connectivity index (χ3n) is 2.70. The number of aromatic nitrogens is 1. The predicted octanol–water partition coefficient (Wildman–Crippen LogP) is 3.88. The van der Waals surface area contributed by atoms with E-state index < -0.39 is 0 Å². The molecule has 0 fully saturated rings. The summed E-state index contributed by atoms with van der Waals surface area (Å²) in [4.78, 5) is 5.30. The van der Waals surface area contributed by atoms with Crippen LogP contribution in [0.15, 0.2) is 47.4 Å². The Bertz CT molecular complexity index is 692. The van der Waals surface area contributed by atoms with E-state index in [1.807, 2.05) is 18.2 Å². The van der Waals surface area contributed by atoms with Crippen molar-refractivity contribution in [3.8, 4) is 5.75 Å². The molecule has 90 valence electrons. The average Bonchev–Trinajstić information content (AvgIpc) is 2.73. The van der Waals surface area contributed by atoms with E-state index in [1.165, 1.54) is 5.56 Å². The second-order valence-corrected chi connectivity index (χ2v) is 5.68. The summed E-state index contributed by atoms with van der Waals surface area (Å²) in [7, 11) is 0. The van der Waals surface area contributed by atoms with Crippen LogP contribution in [0.4, 0.5) is 0 Å². The van der Waals surface area contributed by atoms with Gasteiger partial charge >= 0.3 is 0 Å². The maximum atomic E-state index is 9.54. The predicted molar refractivity (Wildman–Crippen MR) is 77.8 cm³/mol. The Labute approximate surface area is 114 Å². The van der Waals surface area contributed by atoms with Gasteiger partial charge in [0.1, 0.15) is 5.75 Å². The molecule has 18 heavy (non-hydrogen) atoms. The van der Waals surface area contributed by atoms with Gasteiger partial charge in [0.25, 0.3) is 0 Å². The first-order valence-corrected chi connectivity index (χ1v) is 6.84. The first-order valence-electron chi connectivity index (χ1n) is 5.58. The standard InChI is InChI=1S/C14H11NOS2/c16-10-7-11(17)14-12(8-10)18-13(15-14)6-9-4-2-1-3-5-9/h1-5,7-8,16-17H,6H2. The van der Waals surface area contributed by atoms with Crippen LogP contribution in [0.1, 0.15) is 10.6 Å². The molecule has 0 atom stereocenters. The summed E-state index contributed by atoms with van der Waals surface area (Å²) in [6, 6.07) is 13.6. The van der Waals surface area contributed by atoms with Gasteiger partial charge in [0.2, 0.25) is 0 Å². The second-order valence-electron chi connectivity index (χ2n) is 4.08. The Morgan fingerprint density at radius 2 is 1.94 bits per heavy atom. The SMILES string of the molecule is Oc1cc(S)c2nc(Cc3ccccc3)sc2c1. The molecule has 1 heterocycles. The Balaban J connectivity index is 2.01. The number of hydrogen-bond acceptors (Lipinski definition) is 4. The Morgan fingerprint density at radius 1 is 1.17 bits per heavy atom. The summed E-state index contributed by atoms with van der Waals surface area (Å²) >= 11 is 5.94. The fraction of sp³-hybridized carbons (Fsp3) is 0.0714. The van der Waals surface area contributed by atoms with Crippen molar-refractivity contribution in [3.63, 3.8) is 0 Å². The highest BCUT2D eigenvalue weighted by atomic mass is 32.1. The van der Waals surface area contributed by atoms with Crippen LogP contribution in [0, 0.1) is 0 Å². The maximum Gasteiger partial charge on any atom is 0.118 e. The lowest BCUT2D eigenvalue weighted by Crippen LogP contribution is -1.85. The van der Waals surface area contributed by atoms with Crippen LogP contribution in [0.3, 0.4) is 0 Å². The highest BCUT2D eigenvalue weighted by Gasteiger charge is 2.08. The van der Waals surface area contributed by atoms with Crippen LogP contribution in [-0.2, 0) is 6.42 Å². The smallest absolute Gasteiger partial charge is 0.118 e. The highest BCUT2D eigenvalue weighted by molar-refractivity contribution is 7.80. The minimum Gasteiger partial charge on any atom is -0.508 e. The van der Waals surface area contributed by atoms with Gasteiger partial charge in [-0.25, -0.2) is 4.98 Å². The molecule has 3 aromatic rings. The van der Waals surface area contributed by atoms with Crippen molar-refractivity contribution in [2.45, 2.75) is 11.3 Å². The molecule has 2 aromatic carbocycles. The van der Waals surface area contributed by atoms with Crippen molar-refractivity contribution in [1.29, 1.82) is 0 Å². The third-order valence-corrected chi connectivity index (χ3v) is 4.05. The van der Waals surface area contributed by atoms with Gasteiger partial charge in [-0.3, -0.25) is 0 Å². The molecule has 0 saturated carbocycles. The number of benzene rings is 2. The van der Waals surface area contributed by atoms with E-state index in [0.717, 1.165) is 26.5 Å². The molecule has 0 aliphatic carbocycles. The zero-order chi connectivity index (χ0) is 12.5. The molecule has 0 radical (unpaired) electrons. The molecule has 3 rings (SSSR count). The van der Waals surface area contributed by atoms with E-state index in [1.54, 1.807) is 23.5 Å². The van der Waals surface area contributed by atoms with Crippen LogP contribution in [0.25, 0.3) is 10.2 Å². The largest absolute Gasteiger partial charge is 0.508 e. The molecule has 2 nitrogen and oxygen atoms in total. The Hall–Kier alpha value is -1.52. The molecule has 0 spiro atoms. The van der Waals surface area contributed by atoms with E-state index >= 15 is 0 Å². The van der Waals surface area contributed by atoms with Crippen LogP contribution >= 0.6 is 24.0 Å². The summed E-state index contributed by atoms with van der Waals surface area (Å²) in [5.41, 5.74) is 2.11. The van der Waals surface area contributed by atoms with Gasteiger partial charge in [0.15, 0.2) is 0 Å². The van der Waals surface area contributed by atoms with Crippen molar-refractivity contribution >= 4 is 34.2 Å². The molecule has 0 unspecified atom stereocenters. The normalized spacial score (nSPS) is 10.9. The van der Waals surface area contributed by atoms with Crippen LogP contribution in [-0.4, -0.2) is 10.1 Å². The summed E-state index contributed by atoms with van der Waals surface area (Å²) in [5.74, 6) is 0.238. The van der Waals surface area contributed by atoms with Crippen LogP contribution in [0.2, 0.25) is 0 Å². The molecule has 0 aliphatic heterocycles. The zero-order valence-electron chi connectivity index (χ0n) is 9.50. The van der Waals surface area contributed by atoms with Crippen molar-refractivity contribution in [1.82, 2.24) is 4.98 Å². The number of aromatic hydroxyl groups is 1. The number of hydrogen-bond donors (Lipinski definition) is 2. The fourth-order valence-electron chi connectivity index (χ4n) is 1.89. The first-order chi connectivity index (χ1) is 8.72. The molecule has 1 N–H and O–H groups in total. The first kappa shape index (κ1) is 11.6. The van der Waals surface area contributed by atoms with E-state index in [2.05, 4.69) is 29.7 Å². The summed E-state index contributed by atoms with van der Waals surface area (Å²) < 4.78 is 0.978. The van der Waals surface area contributed by atoms with Gasteiger partial charge in [0.05, 0.1) is 15.2 Å². The number of fused-ring (bicyclic) bond motifs is 1. The van der Waals surface area contributed by atoms with Crippen molar-refractivity contribution in [2.75, 3.05) is 0 Å². The number of thiazole rings is 1. The lowest BCUT2D eigenvalue weighted by molar-refractivity contribution is 0.475. The van der Waals surface area contributed by atoms with Crippen molar-refractivity contribution in [2.24, 2.45) is 0 Å². The summed E-state index contributed by atoms with van der Waals surface area (Å²) in [6.45, 7) is 0. The molecule has 1 aromatic heterocycles. The lowest BCUT2D eigenvalue weighted by atomic mass is 10.2. The highest BCUT2D eigenvalue weighted by Crippen LogP contribution is 2.31. The molecule has 4 heteroatoms. The number of rotatable bonds is 2. The Morgan fingerprint density at radius 3 is 2.72 bits per heavy atom. The second kappa shape index (κ2) is 4.63. The summed E-state index contributed by atoms with van der Waals surface area (Å²) in [5, 5.41) is 10.6. The van der Waals surface area contributed by atoms with Crippen molar-refractivity contribution in [3.05, 3.63) is 53.0 Å². The number of phenolic OH excluding ortho intramolecular Hbond substituents is 1. The van der Waals surface area contributed by atoms with E-state index in [9.17, 15) is 5.11 Å². The van der Waals surface area contributed by atoms with Gasteiger partial charge in [-0.2, -0.15) is 0 Å². The van der Waals surface area contributed by atoms with Gasteiger partial charge in [-0.15, -0.1) is 24.0 Å². The number of phenols is 1. The number of nitrogens with zero attached hydrogens (tertiary/aromatic N) is 1. The van der Waals surface area contributed by atoms with Gasteiger partial charge < -0.3 is 5.11 Å². The van der Waals surface area contributed by atoms with Gasteiger partial charge in [-0.05, 0) is 17.7 Å². The lowest BCUT2D eigenvalue weighted by Gasteiger charge is -1.95. The molecule has 0 bridgehead atoms. The minimum absolute atomic E-state index is 0.238. The van der Waals surface area contributed by atoms with Crippen molar-refractivity contribution < 1.29 is 5.11 Å². The minimum atomic E-state index is 0.238. The fourth-order valence-corrected chi connectivity index (χ4v) is 3.33. The Kier molecular flexibility index (Phi) is 2.97.